The van der Waals surface area contributed by atoms with Gasteiger partial charge in [0.1, 0.15) is 0 Å². The van der Waals surface area contributed by atoms with E-state index in [1.807, 2.05) is 31.2 Å². The Morgan fingerprint density at radius 2 is 2.27 bits per heavy atom. The molecule has 0 fully saturated rings. The van der Waals surface area contributed by atoms with Crippen LogP contribution >= 0.6 is 10.7 Å². The SMILES string of the molecule is CC/C=C(\C=C1\C=CC=CC1)S(=O)(=O)Cl. The van der Waals surface area contributed by atoms with Gasteiger partial charge in [0.15, 0.2) is 0 Å². The molecule has 1 aliphatic rings. The topological polar surface area (TPSA) is 34.1 Å². The van der Waals surface area contributed by atoms with E-state index in [0.29, 0.717) is 6.42 Å². The van der Waals surface area contributed by atoms with Crippen molar-refractivity contribution < 1.29 is 8.42 Å². The molecule has 15 heavy (non-hydrogen) atoms. The Morgan fingerprint density at radius 3 is 2.73 bits per heavy atom. The van der Waals surface area contributed by atoms with Gasteiger partial charge in [-0.15, -0.1) is 0 Å². The summed E-state index contributed by atoms with van der Waals surface area (Å²) in [7, 11) is 1.69. The third kappa shape index (κ3) is 4.06. The van der Waals surface area contributed by atoms with Gasteiger partial charge in [0, 0.05) is 10.7 Å². The molecule has 0 amide bonds. The molecule has 0 aromatic rings. The molecule has 0 saturated heterocycles. The molecule has 0 aromatic carbocycles. The first-order valence-electron chi connectivity index (χ1n) is 4.72. The average Bonchev–Trinajstić information content (AvgIpc) is 2.17. The van der Waals surface area contributed by atoms with Crippen molar-refractivity contribution in [2.45, 2.75) is 19.8 Å². The Bertz CT molecular complexity index is 439. The number of hydrogen-bond acceptors (Lipinski definition) is 2. The fourth-order valence-electron chi connectivity index (χ4n) is 1.25. The van der Waals surface area contributed by atoms with Gasteiger partial charge < -0.3 is 0 Å². The largest absolute Gasteiger partial charge is 0.260 e. The van der Waals surface area contributed by atoms with Crippen LogP contribution in [0.1, 0.15) is 19.8 Å². The first-order valence-corrected chi connectivity index (χ1v) is 7.03. The summed E-state index contributed by atoms with van der Waals surface area (Å²) < 4.78 is 22.4. The molecule has 0 aliphatic heterocycles. The lowest BCUT2D eigenvalue weighted by molar-refractivity contribution is 0.615. The van der Waals surface area contributed by atoms with Crippen molar-refractivity contribution in [2.24, 2.45) is 0 Å². The number of halogens is 1. The van der Waals surface area contributed by atoms with Gasteiger partial charge in [-0.1, -0.05) is 37.3 Å². The molecule has 0 radical (unpaired) electrons. The Morgan fingerprint density at radius 1 is 1.53 bits per heavy atom. The third-order valence-corrected chi connectivity index (χ3v) is 3.31. The quantitative estimate of drug-likeness (QED) is 0.714. The van der Waals surface area contributed by atoms with E-state index in [4.69, 9.17) is 10.7 Å². The van der Waals surface area contributed by atoms with Gasteiger partial charge in [0.25, 0.3) is 9.05 Å². The van der Waals surface area contributed by atoms with Crippen LogP contribution < -0.4 is 0 Å². The second-order valence-electron chi connectivity index (χ2n) is 3.16. The van der Waals surface area contributed by atoms with Crippen LogP contribution in [0.5, 0.6) is 0 Å². The minimum atomic E-state index is -3.63. The monoisotopic (exact) mass is 244 g/mol. The van der Waals surface area contributed by atoms with Gasteiger partial charge in [0.05, 0.1) is 4.91 Å². The second-order valence-corrected chi connectivity index (χ2v) is 5.73. The summed E-state index contributed by atoms with van der Waals surface area (Å²) in [6, 6.07) is 0. The standard InChI is InChI=1S/C11H13ClO2S/c1-2-6-11(15(12,13)14)9-10-7-4-3-5-8-10/h3-7,9H,2,8H2,1H3/b10-9-,11-6+. The Kier molecular flexibility index (Phi) is 4.36. The van der Waals surface area contributed by atoms with Crippen LogP contribution in [0.2, 0.25) is 0 Å². The van der Waals surface area contributed by atoms with E-state index >= 15 is 0 Å². The van der Waals surface area contributed by atoms with Crippen LogP contribution in [0.4, 0.5) is 0 Å². The Labute approximate surface area is 95.1 Å². The minimum Gasteiger partial charge on any atom is -0.207 e. The molecule has 0 bridgehead atoms. The summed E-state index contributed by atoms with van der Waals surface area (Å²) in [5, 5.41) is 0. The first kappa shape index (κ1) is 12.3. The molecule has 0 spiro atoms. The van der Waals surface area contributed by atoms with Gasteiger partial charge in [-0.05, 0) is 24.5 Å². The van der Waals surface area contributed by atoms with Gasteiger partial charge in [-0.25, -0.2) is 8.42 Å². The smallest absolute Gasteiger partial charge is 0.207 e. The van der Waals surface area contributed by atoms with Crippen LogP contribution in [-0.4, -0.2) is 8.42 Å². The molecule has 0 heterocycles. The van der Waals surface area contributed by atoms with Crippen LogP contribution in [0.15, 0.2) is 46.9 Å². The van der Waals surface area contributed by atoms with E-state index in [0.717, 1.165) is 12.0 Å². The molecule has 82 valence electrons. The molecule has 1 rings (SSSR count). The van der Waals surface area contributed by atoms with E-state index in [1.54, 1.807) is 12.2 Å². The minimum absolute atomic E-state index is 0.182. The lowest BCUT2D eigenvalue weighted by atomic mass is 10.1. The summed E-state index contributed by atoms with van der Waals surface area (Å²) >= 11 is 0. The van der Waals surface area contributed by atoms with Gasteiger partial charge in [0.2, 0.25) is 0 Å². The lowest BCUT2D eigenvalue weighted by Gasteiger charge is -2.03. The zero-order valence-electron chi connectivity index (χ0n) is 8.48. The van der Waals surface area contributed by atoms with Gasteiger partial charge in [-0.3, -0.25) is 0 Å². The fraction of sp³-hybridized carbons (Fsp3) is 0.273. The summed E-state index contributed by atoms with van der Waals surface area (Å²) in [6.45, 7) is 1.87. The molecule has 1 aliphatic carbocycles. The van der Waals surface area contributed by atoms with E-state index in [2.05, 4.69) is 0 Å². The summed E-state index contributed by atoms with van der Waals surface area (Å²) in [4.78, 5) is 0.182. The summed E-state index contributed by atoms with van der Waals surface area (Å²) in [5.74, 6) is 0. The van der Waals surface area contributed by atoms with Crippen LogP contribution in [-0.2, 0) is 9.05 Å². The van der Waals surface area contributed by atoms with Crippen molar-refractivity contribution in [3.63, 3.8) is 0 Å². The molecule has 0 unspecified atom stereocenters. The number of hydrogen-bond donors (Lipinski definition) is 0. The maximum absolute atomic E-state index is 11.2. The summed E-state index contributed by atoms with van der Waals surface area (Å²) in [6.07, 6.45) is 12.3. The molecule has 0 saturated carbocycles. The highest BCUT2D eigenvalue weighted by Gasteiger charge is 2.11. The highest BCUT2D eigenvalue weighted by molar-refractivity contribution is 8.17. The molecule has 0 atom stereocenters. The molecule has 0 N–H and O–H groups in total. The summed E-state index contributed by atoms with van der Waals surface area (Å²) in [5.41, 5.74) is 0.946. The maximum Gasteiger partial charge on any atom is 0.260 e. The van der Waals surface area contributed by atoms with Crippen molar-refractivity contribution in [3.05, 3.63) is 46.9 Å². The number of rotatable bonds is 3. The van der Waals surface area contributed by atoms with E-state index in [-0.39, 0.29) is 4.91 Å². The predicted octanol–water partition coefficient (Wildman–Crippen LogP) is 3.29. The molecule has 4 heteroatoms. The van der Waals surface area contributed by atoms with Crippen LogP contribution in [0.3, 0.4) is 0 Å². The highest BCUT2D eigenvalue weighted by atomic mass is 35.7. The van der Waals surface area contributed by atoms with Gasteiger partial charge in [-0.2, -0.15) is 0 Å². The average molecular weight is 245 g/mol. The van der Waals surface area contributed by atoms with Crippen molar-refractivity contribution in [3.8, 4) is 0 Å². The Hall–Kier alpha value is -0.800. The van der Waals surface area contributed by atoms with E-state index < -0.39 is 9.05 Å². The zero-order valence-corrected chi connectivity index (χ0v) is 10.1. The van der Waals surface area contributed by atoms with Crippen molar-refractivity contribution in [2.75, 3.05) is 0 Å². The van der Waals surface area contributed by atoms with E-state index in [1.165, 1.54) is 0 Å². The lowest BCUT2D eigenvalue weighted by Crippen LogP contribution is -1.94. The fourth-order valence-corrected chi connectivity index (χ4v) is 2.23. The van der Waals surface area contributed by atoms with Crippen molar-refractivity contribution in [1.82, 2.24) is 0 Å². The normalized spacial score (nSPS) is 19.9. The van der Waals surface area contributed by atoms with Crippen LogP contribution in [0, 0.1) is 0 Å². The third-order valence-electron chi connectivity index (χ3n) is 1.93. The molecule has 0 aromatic heterocycles. The predicted molar refractivity (Wildman–Crippen MR) is 64.1 cm³/mol. The van der Waals surface area contributed by atoms with E-state index in [9.17, 15) is 8.42 Å². The number of allylic oxidation sites excluding steroid dienone is 7. The van der Waals surface area contributed by atoms with Gasteiger partial charge >= 0.3 is 0 Å². The Balaban J connectivity index is 2.99. The molecular formula is C11H13ClO2S. The highest BCUT2D eigenvalue weighted by Crippen LogP contribution is 2.19. The zero-order chi connectivity index (χ0) is 11.3. The molecule has 2 nitrogen and oxygen atoms in total. The first-order chi connectivity index (χ1) is 7.04. The maximum atomic E-state index is 11.2. The second kappa shape index (κ2) is 5.33. The van der Waals surface area contributed by atoms with Crippen LogP contribution in [0.25, 0.3) is 0 Å². The van der Waals surface area contributed by atoms with Crippen molar-refractivity contribution in [1.29, 1.82) is 0 Å². The van der Waals surface area contributed by atoms with Crippen molar-refractivity contribution >= 4 is 19.7 Å². The molecular weight excluding hydrogens is 232 g/mol.